The molecular weight excluding hydrogens is 348 g/mol. The molecule has 0 bridgehead atoms. The Morgan fingerprint density at radius 3 is 3.04 bits per heavy atom. The van der Waals surface area contributed by atoms with Gasteiger partial charge in [0.25, 0.3) is 0 Å². The zero-order chi connectivity index (χ0) is 17.5. The fourth-order valence-corrected chi connectivity index (χ4v) is 3.94. The van der Waals surface area contributed by atoms with Crippen molar-refractivity contribution in [2.45, 2.75) is 32.3 Å². The second kappa shape index (κ2) is 9.25. The summed E-state index contributed by atoms with van der Waals surface area (Å²) in [7, 11) is 0. The Labute approximate surface area is 151 Å². The summed E-state index contributed by atoms with van der Waals surface area (Å²) in [6, 6.07) is 3.60. The topological polar surface area (TPSA) is 91.0 Å². The number of guanidine groups is 1. The molecule has 4 N–H and O–H groups in total. The van der Waals surface area contributed by atoms with Crippen molar-refractivity contribution < 1.29 is 9.90 Å². The first-order valence-corrected chi connectivity index (χ1v) is 9.44. The minimum absolute atomic E-state index is 0.256. The molecule has 1 fully saturated rings. The summed E-state index contributed by atoms with van der Waals surface area (Å²) in [5, 5.41) is 13.5. The number of carbonyl (C=O) groups is 1. The van der Waals surface area contributed by atoms with E-state index in [-0.39, 0.29) is 18.4 Å². The number of primary amides is 1. The predicted molar refractivity (Wildman–Crippen MR) is 98.4 cm³/mol. The molecule has 1 aliphatic heterocycles. The molecule has 0 radical (unpaired) electrons. The number of nitrogens with zero attached hydrogens (tertiary/aromatic N) is 2. The van der Waals surface area contributed by atoms with E-state index < -0.39 is 6.10 Å². The lowest BCUT2D eigenvalue weighted by Crippen LogP contribution is -2.47. The Bertz CT molecular complexity index is 578. The first-order chi connectivity index (χ1) is 11.5. The summed E-state index contributed by atoms with van der Waals surface area (Å²) in [4.78, 5) is 18.7. The molecule has 1 saturated heterocycles. The number of halogens is 1. The third kappa shape index (κ3) is 5.65. The number of aliphatic hydroxyl groups excluding tert-OH is 1. The van der Waals surface area contributed by atoms with Crippen LogP contribution in [0.1, 0.15) is 37.2 Å². The summed E-state index contributed by atoms with van der Waals surface area (Å²) in [6.45, 7) is 4.68. The van der Waals surface area contributed by atoms with Crippen molar-refractivity contribution in [2.24, 2.45) is 16.6 Å². The summed E-state index contributed by atoms with van der Waals surface area (Å²) in [5.74, 6) is 0.781. The Morgan fingerprint density at radius 2 is 2.42 bits per heavy atom. The van der Waals surface area contributed by atoms with Crippen molar-refractivity contribution in [1.29, 1.82) is 0 Å². The van der Waals surface area contributed by atoms with Gasteiger partial charge in [0, 0.05) is 30.9 Å². The Kier molecular flexibility index (Phi) is 7.33. The number of hydrogen-bond acceptors (Lipinski definition) is 4. The number of amides is 1. The molecule has 1 aromatic heterocycles. The van der Waals surface area contributed by atoms with Crippen LogP contribution in [0.2, 0.25) is 4.34 Å². The molecule has 134 valence electrons. The van der Waals surface area contributed by atoms with Crippen LogP contribution in [0, 0.1) is 5.92 Å². The molecular formula is C16H25ClN4O2S. The van der Waals surface area contributed by atoms with Crippen LogP contribution in [0.5, 0.6) is 0 Å². The van der Waals surface area contributed by atoms with Crippen molar-refractivity contribution in [2.75, 3.05) is 26.2 Å². The maximum Gasteiger partial charge on any atom is 0.217 e. The number of thiophene rings is 1. The van der Waals surface area contributed by atoms with Crippen LogP contribution in [0.4, 0.5) is 0 Å². The second-order valence-electron chi connectivity index (χ2n) is 5.98. The maximum atomic E-state index is 11.2. The number of carbonyl (C=O) groups excluding carboxylic acids is 1. The minimum Gasteiger partial charge on any atom is -0.386 e. The highest BCUT2D eigenvalue weighted by atomic mass is 35.5. The van der Waals surface area contributed by atoms with Crippen molar-refractivity contribution >= 4 is 34.8 Å². The van der Waals surface area contributed by atoms with Gasteiger partial charge >= 0.3 is 0 Å². The molecule has 0 aliphatic carbocycles. The number of hydrogen-bond donors (Lipinski definition) is 3. The van der Waals surface area contributed by atoms with Gasteiger partial charge in [0.15, 0.2) is 5.96 Å². The highest BCUT2D eigenvalue weighted by molar-refractivity contribution is 7.16. The molecule has 6 nitrogen and oxygen atoms in total. The molecule has 2 atom stereocenters. The quantitative estimate of drug-likeness (QED) is 0.526. The van der Waals surface area contributed by atoms with E-state index in [4.69, 9.17) is 17.3 Å². The summed E-state index contributed by atoms with van der Waals surface area (Å²) < 4.78 is 0.658. The number of rotatable bonds is 6. The largest absolute Gasteiger partial charge is 0.386 e. The van der Waals surface area contributed by atoms with Gasteiger partial charge in [-0.25, -0.2) is 0 Å². The van der Waals surface area contributed by atoms with E-state index >= 15 is 0 Å². The number of nitrogens with two attached hydrogens (primary N) is 1. The molecule has 0 saturated carbocycles. The molecule has 1 aliphatic rings. The van der Waals surface area contributed by atoms with Gasteiger partial charge in [-0.2, -0.15) is 0 Å². The Balaban J connectivity index is 2.00. The van der Waals surface area contributed by atoms with E-state index in [1.54, 1.807) is 6.07 Å². The van der Waals surface area contributed by atoms with Crippen LogP contribution < -0.4 is 11.1 Å². The molecule has 8 heteroatoms. The van der Waals surface area contributed by atoms with E-state index in [2.05, 4.69) is 15.2 Å². The zero-order valence-corrected chi connectivity index (χ0v) is 15.4. The molecule has 2 rings (SSSR count). The van der Waals surface area contributed by atoms with Gasteiger partial charge < -0.3 is 21.1 Å². The van der Waals surface area contributed by atoms with Crippen LogP contribution >= 0.6 is 22.9 Å². The van der Waals surface area contributed by atoms with Crippen molar-refractivity contribution in [3.63, 3.8) is 0 Å². The third-order valence-electron chi connectivity index (χ3n) is 3.98. The highest BCUT2D eigenvalue weighted by Crippen LogP contribution is 2.27. The minimum atomic E-state index is -0.664. The van der Waals surface area contributed by atoms with Crippen LogP contribution in [0.25, 0.3) is 0 Å². The first kappa shape index (κ1) is 19.0. The number of likely N-dealkylation sites (tertiary alicyclic amines) is 1. The van der Waals surface area contributed by atoms with E-state index in [1.807, 2.05) is 13.0 Å². The first-order valence-electron chi connectivity index (χ1n) is 8.24. The lowest BCUT2D eigenvalue weighted by Gasteiger charge is -2.34. The van der Waals surface area contributed by atoms with Crippen LogP contribution in [0.3, 0.4) is 0 Å². The Morgan fingerprint density at radius 1 is 1.62 bits per heavy atom. The van der Waals surface area contributed by atoms with E-state index in [9.17, 15) is 9.90 Å². The highest BCUT2D eigenvalue weighted by Gasteiger charge is 2.23. The monoisotopic (exact) mass is 372 g/mol. The Hall–Kier alpha value is -1.31. The predicted octanol–water partition coefficient (Wildman–Crippen LogP) is 1.99. The average molecular weight is 373 g/mol. The zero-order valence-electron chi connectivity index (χ0n) is 13.9. The van der Waals surface area contributed by atoms with Crippen molar-refractivity contribution in [3.05, 3.63) is 21.3 Å². The molecule has 1 amide bonds. The molecule has 24 heavy (non-hydrogen) atoms. The molecule has 2 unspecified atom stereocenters. The number of nitrogens with one attached hydrogen (secondary N) is 1. The molecule has 0 aromatic carbocycles. The van der Waals surface area contributed by atoms with E-state index in [1.165, 1.54) is 11.3 Å². The molecule has 2 heterocycles. The molecule has 0 spiro atoms. The van der Waals surface area contributed by atoms with Crippen LogP contribution in [-0.4, -0.2) is 48.1 Å². The molecule has 1 aromatic rings. The van der Waals surface area contributed by atoms with Gasteiger partial charge in [-0.05, 0) is 37.8 Å². The summed E-state index contributed by atoms with van der Waals surface area (Å²) in [6.07, 6.45) is 1.76. The summed E-state index contributed by atoms with van der Waals surface area (Å²) in [5.41, 5.74) is 5.32. The fourth-order valence-electron chi connectivity index (χ4n) is 2.90. The smallest absolute Gasteiger partial charge is 0.217 e. The maximum absolute atomic E-state index is 11.2. The van der Waals surface area contributed by atoms with Gasteiger partial charge in [0.1, 0.15) is 6.10 Å². The number of aliphatic hydroxyl groups is 1. The third-order valence-corrected chi connectivity index (χ3v) is 5.31. The SMILES string of the molecule is CCNC(=NCC(O)c1ccc(Cl)s1)N1CCCC(CC(N)=O)C1. The standard InChI is InChI=1S/C16H25ClN4O2S/c1-2-19-16(20-9-12(22)13-5-6-14(17)24-13)21-7-3-4-11(10-21)8-15(18)23/h5-6,11-12,22H,2-4,7-10H2,1H3,(H2,18,23)(H,19,20). The normalized spacial score (nSPS) is 20.0. The van der Waals surface area contributed by atoms with E-state index in [0.29, 0.717) is 10.8 Å². The second-order valence-corrected chi connectivity index (χ2v) is 7.72. The fraction of sp³-hybridized carbons (Fsp3) is 0.625. The van der Waals surface area contributed by atoms with Crippen LogP contribution in [0.15, 0.2) is 17.1 Å². The lowest BCUT2D eigenvalue weighted by atomic mass is 9.95. The lowest BCUT2D eigenvalue weighted by molar-refractivity contribution is -0.119. The summed E-state index contributed by atoms with van der Waals surface area (Å²) >= 11 is 7.27. The van der Waals surface area contributed by atoms with Crippen molar-refractivity contribution in [1.82, 2.24) is 10.2 Å². The van der Waals surface area contributed by atoms with Crippen LogP contribution in [-0.2, 0) is 4.79 Å². The van der Waals surface area contributed by atoms with Gasteiger partial charge in [0.2, 0.25) is 5.91 Å². The van der Waals surface area contributed by atoms with E-state index in [0.717, 1.165) is 43.3 Å². The number of piperidine rings is 1. The van der Waals surface area contributed by atoms with Gasteiger partial charge in [-0.3, -0.25) is 9.79 Å². The number of aliphatic imine (C=N–C) groups is 1. The average Bonchev–Trinajstić information content (AvgIpc) is 2.97. The van der Waals surface area contributed by atoms with Gasteiger partial charge in [-0.1, -0.05) is 11.6 Å². The van der Waals surface area contributed by atoms with Gasteiger partial charge in [0.05, 0.1) is 10.9 Å². The van der Waals surface area contributed by atoms with Crippen molar-refractivity contribution in [3.8, 4) is 0 Å². The van der Waals surface area contributed by atoms with Gasteiger partial charge in [-0.15, -0.1) is 11.3 Å².